The Morgan fingerprint density at radius 2 is 1.93 bits per heavy atom. The van der Waals surface area contributed by atoms with Crippen LogP contribution < -0.4 is 20.1 Å². The summed E-state index contributed by atoms with van der Waals surface area (Å²) >= 11 is 0. The van der Waals surface area contributed by atoms with Crippen LogP contribution in [0.5, 0.6) is 11.5 Å². The van der Waals surface area contributed by atoms with E-state index in [4.69, 9.17) is 9.47 Å². The molecule has 0 unspecified atom stereocenters. The summed E-state index contributed by atoms with van der Waals surface area (Å²) in [5.74, 6) is 1.20. The fourth-order valence-corrected chi connectivity index (χ4v) is 3.03. The number of amides is 1. The Balaban J connectivity index is 1.37. The van der Waals surface area contributed by atoms with Crippen LogP contribution in [0.1, 0.15) is 28.5 Å². The van der Waals surface area contributed by atoms with Gasteiger partial charge in [-0.05, 0) is 47.9 Å². The summed E-state index contributed by atoms with van der Waals surface area (Å²) in [5.41, 5.74) is 4.43. The monoisotopic (exact) mass is 375 g/mol. The highest BCUT2D eigenvalue weighted by molar-refractivity contribution is 5.92. The van der Waals surface area contributed by atoms with Gasteiger partial charge in [0.1, 0.15) is 5.69 Å². The number of nitrogens with one attached hydrogen (secondary N) is 2. The predicted molar refractivity (Wildman–Crippen MR) is 107 cm³/mol. The van der Waals surface area contributed by atoms with Crippen LogP contribution in [-0.2, 0) is 13.0 Å². The first-order chi connectivity index (χ1) is 13.7. The first-order valence-corrected chi connectivity index (χ1v) is 9.20. The number of para-hydroxylation sites is 1. The van der Waals surface area contributed by atoms with E-state index in [2.05, 4.69) is 28.6 Å². The summed E-state index contributed by atoms with van der Waals surface area (Å²) in [6.07, 6.45) is 2.61. The summed E-state index contributed by atoms with van der Waals surface area (Å²) in [7, 11) is 0. The molecule has 0 bridgehead atoms. The number of aromatic nitrogens is 1. The molecule has 0 aliphatic carbocycles. The number of pyridine rings is 1. The normalized spacial score (nSPS) is 11.9. The van der Waals surface area contributed by atoms with Crippen molar-refractivity contribution in [2.45, 2.75) is 19.9 Å². The van der Waals surface area contributed by atoms with E-state index < -0.39 is 0 Å². The van der Waals surface area contributed by atoms with Crippen molar-refractivity contribution in [2.24, 2.45) is 0 Å². The third kappa shape index (κ3) is 3.91. The second-order valence-electron chi connectivity index (χ2n) is 6.44. The lowest BCUT2D eigenvalue weighted by Crippen LogP contribution is -2.23. The number of aryl methyl sites for hydroxylation is 1. The fourth-order valence-electron chi connectivity index (χ4n) is 3.03. The van der Waals surface area contributed by atoms with Crippen LogP contribution in [0.25, 0.3) is 0 Å². The van der Waals surface area contributed by atoms with Crippen molar-refractivity contribution in [3.8, 4) is 11.5 Å². The van der Waals surface area contributed by atoms with Crippen LogP contribution in [0.15, 0.2) is 60.8 Å². The molecule has 2 N–H and O–H groups in total. The molecule has 1 aliphatic rings. The van der Waals surface area contributed by atoms with Crippen molar-refractivity contribution in [3.05, 3.63) is 77.6 Å². The van der Waals surface area contributed by atoms with Gasteiger partial charge in [-0.3, -0.25) is 4.79 Å². The highest BCUT2D eigenvalue weighted by Gasteiger charge is 2.14. The molecule has 0 saturated carbocycles. The number of carbonyl (C=O) groups is 1. The number of carbonyl (C=O) groups excluding carboxylic acids is 1. The minimum absolute atomic E-state index is 0.224. The van der Waals surface area contributed by atoms with Gasteiger partial charge in [-0.15, -0.1) is 0 Å². The molecule has 142 valence electrons. The molecular weight excluding hydrogens is 354 g/mol. The number of nitrogens with zero attached hydrogens (tertiary/aromatic N) is 1. The molecule has 1 aromatic heterocycles. The molecule has 4 rings (SSSR count). The van der Waals surface area contributed by atoms with Gasteiger partial charge in [0.25, 0.3) is 5.91 Å². The van der Waals surface area contributed by atoms with Crippen LogP contribution in [-0.4, -0.2) is 17.7 Å². The van der Waals surface area contributed by atoms with Gasteiger partial charge >= 0.3 is 0 Å². The average Bonchev–Trinajstić information content (AvgIpc) is 3.21. The zero-order chi connectivity index (χ0) is 19.3. The topological polar surface area (TPSA) is 72.5 Å². The maximum absolute atomic E-state index is 12.4. The van der Waals surface area contributed by atoms with Gasteiger partial charge in [0.05, 0.1) is 11.9 Å². The zero-order valence-electron chi connectivity index (χ0n) is 15.6. The highest BCUT2D eigenvalue weighted by atomic mass is 16.7. The number of benzene rings is 2. The Bertz CT molecular complexity index is 987. The standard InChI is InChI=1S/C22H21N3O3/c1-2-16-5-3-4-6-18(16)25-17-8-9-19(23-13-17)22(26)24-12-15-7-10-20-21(11-15)28-14-27-20/h3-11,13,25H,2,12,14H2,1H3,(H,24,26). The van der Waals surface area contributed by atoms with E-state index in [9.17, 15) is 4.79 Å². The van der Waals surface area contributed by atoms with E-state index in [0.717, 1.165) is 29.1 Å². The molecule has 6 nitrogen and oxygen atoms in total. The summed E-state index contributed by atoms with van der Waals surface area (Å²) in [6, 6.07) is 17.3. The molecular formula is C22H21N3O3. The second kappa shape index (κ2) is 8.00. The molecule has 2 heterocycles. The molecule has 1 aliphatic heterocycles. The minimum Gasteiger partial charge on any atom is -0.454 e. The van der Waals surface area contributed by atoms with Crippen LogP contribution in [0, 0.1) is 0 Å². The van der Waals surface area contributed by atoms with Crippen LogP contribution >= 0.6 is 0 Å². The van der Waals surface area contributed by atoms with Crippen LogP contribution in [0.2, 0.25) is 0 Å². The maximum Gasteiger partial charge on any atom is 0.270 e. The number of ether oxygens (including phenoxy) is 2. The Kier molecular flexibility index (Phi) is 5.10. The molecule has 3 aromatic rings. The van der Waals surface area contributed by atoms with E-state index in [1.807, 2.05) is 42.5 Å². The van der Waals surface area contributed by atoms with Crippen molar-refractivity contribution < 1.29 is 14.3 Å². The lowest BCUT2D eigenvalue weighted by molar-refractivity contribution is 0.0946. The predicted octanol–water partition coefficient (Wildman–Crippen LogP) is 4.05. The number of anilines is 2. The van der Waals surface area contributed by atoms with E-state index in [1.165, 1.54) is 5.56 Å². The smallest absolute Gasteiger partial charge is 0.270 e. The number of fused-ring (bicyclic) bond motifs is 1. The zero-order valence-corrected chi connectivity index (χ0v) is 15.6. The molecule has 0 fully saturated rings. The molecule has 0 atom stereocenters. The van der Waals surface area contributed by atoms with Crippen LogP contribution in [0.4, 0.5) is 11.4 Å². The maximum atomic E-state index is 12.4. The fraction of sp³-hybridized carbons (Fsp3) is 0.182. The molecule has 0 radical (unpaired) electrons. The largest absolute Gasteiger partial charge is 0.454 e. The molecule has 0 spiro atoms. The van der Waals surface area contributed by atoms with Gasteiger partial charge in [-0.1, -0.05) is 31.2 Å². The Morgan fingerprint density at radius 3 is 2.75 bits per heavy atom. The molecule has 1 amide bonds. The molecule has 2 aromatic carbocycles. The quantitative estimate of drug-likeness (QED) is 0.680. The average molecular weight is 375 g/mol. The minimum atomic E-state index is -0.224. The molecule has 0 saturated heterocycles. The summed E-state index contributed by atoms with van der Waals surface area (Å²) in [5, 5.41) is 6.23. The van der Waals surface area contributed by atoms with E-state index in [-0.39, 0.29) is 12.7 Å². The Hall–Kier alpha value is -3.54. The van der Waals surface area contributed by atoms with E-state index in [1.54, 1.807) is 12.3 Å². The van der Waals surface area contributed by atoms with Gasteiger partial charge in [0, 0.05) is 12.2 Å². The van der Waals surface area contributed by atoms with Gasteiger partial charge < -0.3 is 20.1 Å². The number of hydrogen-bond acceptors (Lipinski definition) is 5. The first-order valence-electron chi connectivity index (χ1n) is 9.20. The summed E-state index contributed by atoms with van der Waals surface area (Å²) in [4.78, 5) is 16.7. The third-order valence-electron chi connectivity index (χ3n) is 4.56. The van der Waals surface area contributed by atoms with E-state index in [0.29, 0.717) is 18.0 Å². The first kappa shape index (κ1) is 17.9. The molecule has 6 heteroatoms. The second-order valence-corrected chi connectivity index (χ2v) is 6.44. The molecule has 28 heavy (non-hydrogen) atoms. The SMILES string of the molecule is CCc1ccccc1Nc1ccc(C(=O)NCc2ccc3c(c2)OCO3)nc1. The lowest BCUT2D eigenvalue weighted by atomic mass is 10.1. The summed E-state index contributed by atoms with van der Waals surface area (Å²) < 4.78 is 10.6. The highest BCUT2D eigenvalue weighted by Crippen LogP contribution is 2.32. The Labute approximate surface area is 163 Å². The van der Waals surface area contributed by atoms with Gasteiger partial charge in [0.15, 0.2) is 11.5 Å². The third-order valence-corrected chi connectivity index (χ3v) is 4.56. The lowest BCUT2D eigenvalue weighted by Gasteiger charge is -2.11. The Morgan fingerprint density at radius 1 is 1.07 bits per heavy atom. The van der Waals surface area contributed by atoms with Crippen molar-refractivity contribution in [1.82, 2.24) is 10.3 Å². The summed E-state index contributed by atoms with van der Waals surface area (Å²) in [6.45, 7) is 2.74. The van der Waals surface area contributed by atoms with Gasteiger partial charge in [-0.2, -0.15) is 0 Å². The van der Waals surface area contributed by atoms with Crippen molar-refractivity contribution in [2.75, 3.05) is 12.1 Å². The van der Waals surface area contributed by atoms with E-state index >= 15 is 0 Å². The number of hydrogen-bond donors (Lipinski definition) is 2. The number of rotatable bonds is 6. The van der Waals surface area contributed by atoms with Crippen molar-refractivity contribution in [1.29, 1.82) is 0 Å². The van der Waals surface area contributed by atoms with Gasteiger partial charge in [0.2, 0.25) is 6.79 Å². The van der Waals surface area contributed by atoms with Gasteiger partial charge in [-0.25, -0.2) is 4.98 Å². The van der Waals surface area contributed by atoms with Crippen molar-refractivity contribution >= 4 is 17.3 Å². The van der Waals surface area contributed by atoms with Crippen molar-refractivity contribution in [3.63, 3.8) is 0 Å². The van der Waals surface area contributed by atoms with Crippen LogP contribution in [0.3, 0.4) is 0 Å².